The van der Waals surface area contributed by atoms with Crippen LogP contribution in [0, 0.1) is 5.82 Å². The standard InChI is InChI=1S/C16H17FN2S/c1-12(14-10-6-7-11-15(14)17)19(2)16(20)18-13-8-4-3-5-9-13/h3-12H,1-2H3,(H,18,20). The van der Waals surface area contributed by atoms with Crippen LogP contribution in [-0.2, 0) is 0 Å². The third kappa shape index (κ3) is 3.33. The van der Waals surface area contributed by atoms with Crippen LogP contribution in [0.15, 0.2) is 54.6 Å². The summed E-state index contributed by atoms with van der Waals surface area (Å²) in [6.07, 6.45) is 0. The molecule has 1 N–H and O–H groups in total. The van der Waals surface area contributed by atoms with Crippen molar-refractivity contribution < 1.29 is 4.39 Å². The quantitative estimate of drug-likeness (QED) is 0.852. The smallest absolute Gasteiger partial charge is 0.173 e. The molecule has 1 unspecified atom stereocenters. The molecule has 4 heteroatoms. The van der Waals surface area contributed by atoms with Crippen molar-refractivity contribution in [3.8, 4) is 0 Å². The Balaban J connectivity index is 2.09. The van der Waals surface area contributed by atoms with E-state index in [1.165, 1.54) is 6.07 Å². The van der Waals surface area contributed by atoms with Gasteiger partial charge >= 0.3 is 0 Å². The second kappa shape index (κ2) is 6.48. The lowest BCUT2D eigenvalue weighted by Gasteiger charge is -2.28. The Morgan fingerprint density at radius 2 is 1.70 bits per heavy atom. The Labute approximate surface area is 124 Å². The summed E-state index contributed by atoms with van der Waals surface area (Å²) in [5.41, 5.74) is 1.55. The van der Waals surface area contributed by atoms with E-state index in [2.05, 4.69) is 5.32 Å². The zero-order valence-corrected chi connectivity index (χ0v) is 12.3. The lowest BCUT2D eigenvalue weighted by molar-refractivity contribution is 0.394. The summed E-state index contributed by atoms with van der Waals surface area (Å²) in [5.74, 6) is -0.214. The molecule has 20 heavy (non-hydrogen) atoms. The first kappa shape index (κ1) is 14.5. The fourth-order valence-electron chi connectivity index (χ4n) is 1.93. The third-order valence-electron chi connectivity index (χ3n) is 3.28. The van der Waals surface area contributed by atoms with Gasteiger partial charge in [-0.05, 0) is 37.3 Å². The number of hydrogen-bond donors (Lipinski definition) is 1. The van der Waals surface area contributed by atoms with Gasteiger partial charge in [0.2, 0.25) is 0 Å². The Kier molecular flexibility index (Phi) is 4.69. The van der Waals surface area contributed by atoms with E-state index in [0.29, 0.717) is 10.7 Å². The highest BCUT2D eigenvalue weighted by Gasteiger charge is 2.17. The molecule has 0 aliphatic rings. The van der Waals surface area contributed by atoms with Gasteiger partial charge < -0.3 is 10.2 Å². The van der Waals surface area contributed by atoms with Crippen LogP contribution in [-0.4, -0.2) is 17.1 Å². The monoisotopic (exact) mass is 288 g/mol. The van der Waals surface area contributed by atoms with E-state index in [0.717, 1.165) is 5.69 Å². The number of hydrogen-bond acceptors (Lipinski definition) is 1. The number of benzene rings is 2. The van der Waals surface area contributed by atoms with E-state index in [4.69, 9.17) is 12.2 Å². The molecule has 0 saturated heterocycles. The van der Waals surface area contributed by atoms with Crippen LogP contribution in [0.25, 0.3) is 0 Å². The minimum atomic E-state index is -0.214. The second-order valence-corrected chi connectivity index (χ2v) is 4.99. The number of para-hydroxylation sites is 1. The number of halogens is 1. The van der Waals surface area contributed by atoms with Crippen molar-refractivity contribution in [3.63, 3.8) is 0 Å². The zero-order chi connectivity index (χ0) is 14.5. The molecule has 0 bridgehead atoms. The minimum absolute atomic E-state index is 0.139. The van der Waals surface area contributed by atoms with Crippen LogP contribution in [0.2, 0.25) is 0 Å². The molecule has 0 radical (unpaired) electrons. The summed E-state index contributed by atoms with van der Waals surface area (Å²) < 4.78 is 13.8. The zero-order valence-electron chi connectivity index (χ0n) is 11.5. The molecule has 0 saturated carbocycles. The molecule has 0 aromatic heterocycles. The SMILES string of the molecule is CC(c1ccccc1F)N(C)C(=S)Nc1ccccc1. The molecule has 0 heterocycles. The molecule has 2 aromatic rings. The van der Waals surface area contributed by atoms with Gasteiger partial charge in [0.05, 0.1) is 6.04 Å². The Morgan fingerprint density at radius 1 is 1.10 bits per heavy atom. The average molecular weight is 288 g/mol. The number of thiocarbonyl (C=S) groups is 1. The van der Waals surface area contributed by atoms with E-state index in [-0.39, 0.29) is 11.9 Å². The maximum Gasteiger partial charge on any atom is 0.173 e. The van der Waals surface area contributed by atoms with Crippen molar-refractivity contribution in [1.82, 2.24) is 4.90 Å². The van der Waals surface area contributed by atoms with Crippen LogP contribution in [0.3, 0.4) is 0 Å². The first-order chi connectivity index (χ1) is 9.59. The van der Waals surface area contributed by atoms with E-state index >= 15 is 0 Å². The van der Waals surface area contributed by atoms with Crippen molar-refractivity contribution in [2.45, 2.75) is 13.0 Å². The highest BCUT2D eigenvalue weighted by molar-refractivity contribution is 7.80. The maximum absolute atomic E-state index is 13.8. The highest BCUT2D eigenvalue weighted by Crippen LogP contribution is 2.22. The van der Waals surface area contributed by atoms with E-state index in [1.807, 2.05) is 55.3 Å². The number of anilines is 1. The minimum Gasteiger partial charge on any atom is -0.345 e. The van der Waals surface area contributed by atoms with Crippen LogP contribution in [0.5, 0.6) is 0 Å². The van der Waals surface area contributed by atoms with E-state index in [9.17, 15) is 4.39 Å². The van der Waals surface area contributed by atoms with Crippen LogP contribution in [0.4, 0.5) is 10.1 Å². The first-order valence-electron chi connectivity index (χ1n) is 6.43. The predicted octanol–water partition coefficient (Wildman–Crippen LogP) is 4.22. The van der Waals surface area contributed by atoms with Gasteiger partial charge in [0.25, 0.3) is 0 Å². The average Bonchev–Trinajstić information content (AvgIpc) is 2.47. The summed E-state index contributed by atoms with van der Waals surface area (Å²) in [5, 5.41) is 3.71. The molecule has 0 fully saturated rings. The summed E-state index contributed by atoms with van der Waals surface area (Å²) in [6.45, 7) is 1.93. The van der Waals surface area contributed by atoms with Gasteiger partial charge in [-0.15, -0.1) is 0 Å². The Bertz CT molecular complexity index is 586. The van der Waals surface area contributed by atoms with Crippen molar-refractivity contribution in [3.05, 3.63) is 66.0 Å². The van der Waals surface area contributed by atoms with Crippen molar-refractivity contribution in [2.24, 2.45) is 0 Å². The number of nitrogens with zero attached hydrogens (tertiary/aromatic N) is 1. The van der Waals surface area contributed by atoms with E-state index in [1.54, 1.807) is 12.1 Å². The van der Waals surface area contributed by atoms with E-state index < -0.39 is 0 Å². The summed E-state index contributed by atoms with van der Waals surface area (Å²) >= 11 is 5.37. The molecule has 0 aliphatic carbocycles. The summed E-state index contributed by atoms with van der Waals surface area (Å²) in [4.78, 5) is 1.85. The molecule has 1 atom stereocenters. The van der Waals surface area contributed by atoms with Gasteiger partial charge in [-0.2, -0.15) is 0 Å². The largest absolute Gasteiger partial charge is 0.345 e. The Morgan fingerprint density at radius 3 is 2.35 bits per heavy atom. The van der Waals surface area contributed by atoms with Gasteiger partial charge in [0, 0.05) is 18.3 Å². The summed E-state index contributed by atoms with van der Waals surface area (Å²) in [7, 11) is 1.86. The predicted molar refractivity (Wildman–Crippen MR) is 85.2 cm³/mol. The lowest BCUT2D eigenvalue weighted by Crippen LogP contribution is -2.33. The van der Waals surface area contributed by atoms with Gasteiger partial charge in [-0.1, -0.05) is 36.4 Å². The Hall–Kier alpha value is -1.94. The lowest BCUT2D eigenvalue weighted by atomic mass is 10.1. The van der Waals surface area contributed by atoms with Crippen LogP contribution >= 0.6 is 12.2 Å². The fraction of sp³-hybridized carbons (Fsp3) is 0.188. The van der Waals surface area contributed by atoms with Gasteiger partial charge in [0.1, 0.15) is 5.82 Å². The first-order valence-corrected chi connectivity index (χ1v) is 6.83. The third-order valence-corrected chi connectivity index (χ3v) is 3.67. The summed E-state index contributed by atoms with van der Waals surface area (Å²) in [6, 6.07) is 16.3. The van der Waals surface area contributed by atoms with Crippen molar-refractivity contribution in [1.29, 1.82) is 0 Å². The number of rotatable bonds is 3. The number of nitrogens with one attached hydrogen (secondary N) is 1. The fourth-order valence-corrected chi connectivity index (χ4v) is 2.21. The molecule has 0 amide bonds. The normalized spacial score (nSPS) is 11.8. The molecular weight excluding hydrogens is 271 g/mol. The molecule has 2 rings (SSSR count). The molecular formula is C16H17FN2S. The molecule has 2 nitrogen and oxygen atoms in total. The van der Waals surface area contributed by atoms with Gasteiger partial charge in [-0.25, -0.2) is 4.39 Å². The van der Waals surface area contributed by atoms with Crippen LogP contribution in [0.1, 0.15) is 18.5 Å². The van der Waals surface area contributed by atoms with Crippen LogP contribution < -0.4 is 5.32 Å². The molecule has 0 spiro atoms. The highest BCUT2D eigenvalue weighted by atomic mass is 32.1. The second-order valence-electron chi connectivity index (χ2n) is 4.60. The molecule has 104 valence electrons. The van der Waals surface area contributed by atoms with Gasteiger partial charge in [0.15, 0.2) is 5.11 Å². The topological polar surface area (TPSA) is 15.3 Å². The maximum atomic E-state index is 13.8. The molecule has 2 aromatic carbocycles. The van der Waals surface area contributed by atoms with Gasteiger partial charge in [-0.3, -0.25) is 0 Å². The van der Waals surface area contributed by atoms with Crippen molar-refractivity contribution in [2.75, 3.05) is 12.4 Å². The van der Waals surface area contributed by atoms with Crippen molar-refractivity contribution >= 4 is 23.0 Å². The molecule has 0 aliphatic heterocycles.